The number of benzene rings is 1. The highest BCUT2D eigenvalue weighted by atomic mass is 19.2. The molecule has 0 unspecified atom stereocenters. The van der Waals surface area contributed by atoms with Crippen LogP contribution in [-0.4, -0.2) is 21.4 Å². The molecule has 0 N–H and O–H groups in total. The highest BCUT2D eigenvalue weighted by molar-refractivity contribution is 5.23. The Bertz CT molecular complexity index is 731. The van der Waals surface area contributed by atoms with Gasteiger partial charge in [-0.25, -0.2) is 23.1 Å². The van der Waals surface area contributed by atoms with Crippen molar-refractivity contribution >= 4 is 0 Å². The minimum absolute atomic E-state index is 0.159. The predicted molar refractivity (Wildman–Crippen MR) is 80.3 cm³/mol. The molecule has 0 atom stereocenters. The summed E-state index contributed by atoms with van der Waals surface area (Å²) in [7, 11) is 0. The van der Waals surface area contributed by atoms with E-state index < -0.39 is 17.5 Å². The largest absolute Gasteiger partial charge is 0.294 e. The fraction of sp³-hybridized carbons (Fsp3) is 0.412. The first-order valence-corrected chi connectivity index (χ1v) is 7.65. The summed E-state index contributed by atoms with van der Waals surface area (Å²) in [6.07, 6.45) is 2.55. The van der Waals surface area contributed by atoms with Gasteiger partial charge in [-0.1, -0.05) is 19.9 Å². The van der Waals surface area contributed by atoms with Crippen LogP contribution in [0.15, 0.2) is 18.3 Å². The van der Waals surface area contributed by atoms with E-state index >= 15 is 0 Å². The summed E-state index contributed by atoms with van der Waals surface area (Å²) in [5.74, 6) is -2.59. The molecule has 0 spiro atoms. The predicted octanol–water partition coefficient (Wildman–Crippen LogP) is 3.58. The summed E-state index contributed by atoms with van der Waals surface area (Å²) >= 11 is 0. The van der Waals surface area contributed by atoms with Crippen LogP contribution in [0.1, 0.15) is 42.4 Å². The van der Waals surface area contributed by atoms with E-state index in [-0.39, 0.29) is 18.0 Å². The van der Waals surface area contributed by atoms with E-state index in [9.17, 15) is 13.2 Å². The number of fused-ring (bicyclic) bond motifs is 1. The maximum absolute atomic E-state index is 13.8. The van der Waals surface area contributed by atoms with Crippen LogP contribution >= 0.6 is 0 Å². The molecule has 0 amide bonds. The van der Waals surface area contributed by atoms with Gasteiger partial charge in [0, 0.05) is 55.0 Å². The molecule has 3 nitrogen and oxygen atoms in total. The Morgan fingerprint density at radius 3 is 2.70 bits per heavy atom. The topological polar surface area (TPSA) is 29.0 Å². The van der Waals surface area contributed by atoms with Crippen molar-refractivity contribution in [2.24, 2.45) is 0 Å². The van der Waals surface area contributed by atoms with E-state index in [1.807, 2.05) is 24.9 Å². The summed E-state index contributed by atoms with van der Waals surface area (Å²) in [6, 6.07) is 2.26. The molecule has 0 bridgehead atoms. The van der Waals surface area contributed by atoms with E-state index in [0.717, 1.165) is 29.6 Å². The van der Waals surface area contributed by atoms with Crippen molar-refractivity contribution in [2.45, 2.75) is 39.3 Å². The first-order chi connectivity index (χ1) is 11.0. The lowest BCUT2D eigenvalue weighted by molar-refractivity contribution is 0.237. The second kappa shape index (κ2) is 6.28. The monoisotopic (exact) mass is 321 g/mol. The zero-order chi connectivity index (χ0) is 16.6. The Morgan fingerprint density at radius 1 is 1.17 bits per heavy atom. The lowest BCUT2D eigenvalue weighted by Gasteiger charge is -2.28. The van der Waals surface area contributed by atoms with Gasteiger partial charge >= 0.3 is 0 Å². The number of hydrogen-bond donors (Lipinski definition) is 0. The third-order valence-electron chi connectivity index (χ3n) is 4.06. The van der Waals surface area contributed by atoms with E-state index in [2.05, 4.69) is 9.97 Å². The summed E-state index contributed by atoms with van der Waals surface area (Å²) in [6.45, 7) is 5.59. The van der Waals surface area contributed by atoms with Crippen molar-refractivity contribution in [3.05, 3.63) is 58.4 Å². The minimum atomic E-state index is -1.41. The van der Waals surface area contributed by atoms with Crippen molar-refractivity contribution in [3.63, 3.8) is 0 Å². The Kier molecular flexibility index (Phi) is 4.35. The maximum atomic E-state index is 13.8. The number of halogens is 3. The molecule has 6 heteroatoms. The smallest absolute Gasteiger partial charge is 0.194 e. The van der Waals surface area contributed by atoms with E-state index in [1.165, 1.54) is 6.07 Å². The van der Waals surface area contributed by atoms with Gasteiger partial charge in [0.15, 0.2) is 17.5 Å². The lowest BCUT2D eigenvalue weighted by Crippen LogP contribution is -2.31. The van der Waals surface area contributed by atoms with Crippen LogP contribution in [-0.2, 0) is 19.5 Å². The molecular weight excluding hydrogens is 303 g/mol. The molecule has 122 valence electrons. The summed E-state index contributed by atoms with van der Waals surface area (Å²) in [5.41, 5.74) is 2.18. The summed E-state index contributed by atoms with van der Waals surface area (Å²) in [5, 5.41) is 0. The van der Waals surface area contributed by atoms with E-state index in [0.29, 0.717) is 13.1 Å². The van der Waals surface area contributed by atoms with Crippen LogP contribution in [0.2, 0.25) is 0 Å². The van der Waals surface area contributed by atoms with Crippen molar-refractivity contribution in [2.75, 3.05) is 6.54 Å². The molecule has 2 aromatic rings. The first-order valence-electron chi connectivity index (χ1n) is 7.65. The molecule has 3 rings (SSSR count). The van der Waals surface area contributed by atoms with Gasteiger partial charge in [0.05, 0.1) is 0 Å². The Labute approximate surface area is 133 Å². The molecule has 0 saturated carbocycles. The summed E-state index contributed by atoms with van der Waals surface area (Å²) in [4.78, 5) is 10.9. The van der Waals surface area contributed by atoms with Gasteiger partial charge in [-0.3, -0.25) is 4.90 Å². The van der Waals surface area contributed by atoms with Gasteiger partial charge < -0.3 is 0 Å². The number of rotatable bonds is 3. The standard InChI is InChI=1S/C17H18F3N3/c1-10(2)17-21-7-12-9-23(6-5-14(12)22-17)8-11-3-4-13(18)16(20)15(11)19/h3-4,7,10H,5-6,8-9H2,1-2H3. The Hall–Kier alpha value is -1.95. The van der Waals surface area contributed by atoms with Gasteiger partial charge in [0.25, 0.3) is 0 Å². The molecular formula is C17H18F3N3. The highest BCUT2D eigenvalue weighted by Gasteiger charge is 2.21. The molecule has 23 heavy (non-hydrogen) atoms. The van der Waals surface area contributed by atoms with E-state index in [1.54, 1.807) is 0 Å². The number of hydrogen-bond acceptors (Lipinski definition) is 3. The minimum Gasteiger partial charge on any atom is -0.294 e. The zero-order valence-corrected chi connectivity index (χ0v) is 13.1. The fourth-order valence-corrected chi connectivity index (χ4v) is 2.73. The average molecular weight is 321 g/mol. The molecule has 1 aromatic carbocycles. The molecule has 1 aliphatic heterocycles. The third-order valence-corrected chi connectivity index (χ3v) is 4.06. The van der Waals surface area contributed by atoms with Crippen LogP contribution in [0.3, 0.4) is 0 Å². The van der Waals surface area contributed by atoms with E-state index in [4.69, 9.17) is 0 Å². The van der Waals surface area contributed by atoms with Crippen molar-refractivity contribution in [3.8, 4) is 0 Å². The third kappa shape index (κ3) is 3.22. The number of aromatic nitrogens is 2. The quantitative estimate of drug-likeness (QED) is 0.809. The van der Waals surface area contributed by atoms with Gasteiger partial charge in [0.2, 0.25) is 0 Å². The number of nitrogens with zero attached hydrogens (tertiary/aromatic N) is 3. The maximum Gasteiger partial charge on any atom is 0.194 e. The zero-order valence-electron chi connectivity index (χ0n) is 13.1. The highest BCUT2D eigenvalue weighted by Crippen LogP contribution is 2.22. The van der Waals surface area contributed by atoms with Crippen molar-refractivity contribution in [1.82, 2.24) is 14.9 Å². The molecule has 1 aromatic heterocycles. The average Bonchev–Trinajstić information content (AvgIpc) is 2.55. The first kappa shape index (κ1) is 15.9. The van der Waals surface area contributed by atoms with Crippen LogP contribution in [0, 0.1) is 17.5 Å². The van der Waals surface area contributed by atoms with Crippen LogP contribution in [0.5, 0.6) is 0 Å². The normalized spacial score (nSPS) is 15.0. The molecule has 0 aliphatic carbocycles. The Balaban J connectivity index is 1.77. The second-order valence-corrected chi connectivity index (χ2v) is 6.15. The fourth-order valence-electron chi connectivity index (χ4n) is 2.73. The van der Waals surface area contributed by atoms with Gasteiger partial charge in [0.1, 0.15) is 5.82 Å². The summed E-state index contributed by atoms with van der Waals surface area (Å²) < 4.78 is 40.1. The van der Waals surface area contributed by atoms with Crippen molar-refractivity contribution < 1.29 is 13.2 Å². The molecule has 0 fully saturated rings. The molecule has 0 saturated heterocycles. The van der Waals surface area contributed by atoms with Crippen LogP contribution in [0.4, 0.5) is 13.2 Å². The van der Waals surface area contributed by atoms with Gasteiger partial charge in [-0.2, -0.15) is 0 Å². The van der Waals surface area contributed by atoms with Gasteiger partial charge in [-0.05, 0) is 6.07 Å². The van der Waals surface area contributed by atoms with Gasteiger partial charge in [-0.15, -0.1) is 0 Å². The lowest BCUT2D eigenvalue weighted by atomic mass is 10.1. The molecule has 1 aliphatic rings. The van der Waals surface area contributed by atoms with Crippen LogP contribution < -0.4 is 0 Å². The second-order valence-electron chi connectivity index (χ2n) is 6.15. The van der Waals surface area contributed by atoms with Crippen LogP contribution in [0.25, 0.3) is 0 Å². The molecule has 0 radical (unpaired) electrons. The molecule has 2 heterocycles. The Morgan fingerprint density at radius 2 is 1.96 bits per heavy atom. The SMILES string of the molecule is CC(C)c1ncc2c(n1)CCN(Cc1ccc(F)c(F)c1F)C2. The van der Waals surface area contributed by atoms with Crippen molar-refractivity contribution in [1.29, 1.82) is 0 Å².